The molecule has 0 fully saturated rings. The van der Waals surface area contributed by atoms with Gasteiger partial charge in [-0.15, -0.1) is 0 Å². The van der Waals surface area contributed by atoms with Gasteiger partial charge in [-0.1, -0.05) is 36.4 Å². The van der Waals surface area contributed by atoms with E-state index in [9.17, 15) is 18.8 Å². The van der Waals surface area contributed by atoms with E-state index in [-0.39, 0.29) is 22.9 Å². The summed E-state index contributed by atoms with van der Waals surface area (Å²) >= 11 is 0. The minimum absolute atomic E-state index is 0.225. The van der Waals surface area contributed by atoms with Crippen molar-refractivity contribution in [1.29, 1.82) is 0 Å². The highest BCUT2D eigenvalue weighted by atomic mass is 19.1. The maximum absolute atomic E-state index is 13.3. The second kappa shape index (κ2) is 7.74. The number of carbonyl (C=O) groups excluding carboxylic acids is 3. The number of ketones is 1. The molecule has 0 aliphatic heterocycles. The Morgan fingerprint density at radius 2 is 1.56 bits per heavy atom. The fourth-order valence-electron chi connectivity index (χ4n) is 2.82. The molecule has 0 unspecified atom stereocenters. The Bertz CT molecular complexity index is 998. The Morgan fingerprint density at radius 1 is 0.889 bits per heavy atom. The van der Waals surface area contributed by atoms with Gasteiger partial charge in [0.05, 0.1) is 5.69 Å². The Labute approximate surface area is 155 Å². The molecule has 0 spiro atoms. The lowest BCUT2D eigenvalue weighted by Gasteiger charge is -2.23. The van der Waals surface area contributed by atoms with Crippen LogP contribution in [-0.2, 0) is 4.79 Å². The average molecular weight is 361 g/mol. The van der Waals surface area contributed by atoms with Crippen LogP contribution in [0.3, 0.4) is 0 Å². The van der Waals surface area contributed by atoms with E-state index in [1.54, 1.807) is 30.3 Å². The van der Waals surface area contributed by atoms with E-state index in [0.717, 1.165) is 0 Å². The van der Waals surface area contributed by atoms with Gasteiger partial charge in [-0.2, -0.15) is 0 Å². The van der Waals surface area contributed by atoms with Crippen LogP contribution in [0.4, 0.5) is 15.8 Å². The van der Waals surface area contributed by atoms with Crippen LogP contribution in [0.1, 0.15) is 33.2 Å². The number of halogens is 1. The molecule has 3 rings (SSSR count). The van der Waals surface area contributed by atoms with Crippen molar-refractivity contribution in [2.24, 2.45) is 0 Å². The molecule has 5 heteroatoms. The van der Waals surface area contributed by atoms with Gasteiger partial charge in [0.1, 0.15) is 5.82 Å². The van der Waals surface area contributed by atoms with E-state index in [1.165, 1.54) is 48.2 Å². The largest absolute Gasteiger partial charge is 0.298 e. The summed E-state index contributed by atoms with van der Waals surface area (Å²) in [5.74, 6) is -1.03. The molecule has 0 heterocycles. The Morgan fingerprint density at radius 3 is 2.15 bits per heavy atom. The zero-order valence-electron chi connectivity index (χ0n) is 14.6. The molecule has 27 heavy (non-hydrogen) atoms. The molecule has 0 saturated carbocycles. The number of anilines is 2. The maximum Gasteiger partial charge on any atom is 0.228 e. The van der Waals surface area contributed by atoms with Gasteiger partial charge in [0, 0.05) is 29.3 Å². The fourth-order valence-corrected chi connectivity index (χ4v) is 2.82. The number of rotatable bonds is 5. The summed E-state index contributed by atoms with van der Waals surface area (Å²) in [4.78, 5) is 37.8. The summed E-state index contributed by atoms with van der Waals surface area (Å²) in [5, 5.41) is 0. The topological polar surface area (TPSA) is 54.5 Å². The quantitative estimate of drug-likeness (QED) is 0.495. The summed E-state index contributed by atoms with van der Waals surface area (Å²) in [6.07, 6.45) is 0.617. The molecule has 0 bridgehead atoms. The standard InChI is InChI=1S/C22H16FNO3/c1-15(26)24(20-11-9-19(23)10-12-20)21-13-17(7-8-18(21)14-25)22(27)16-5-3-2-4-6-16/h2-14H,1H3. The van der Waals surface area contributed by atoms with Crippen LogP contribution in [0, 0.1) is 5.82 Å². The molecule has 134 valence electrons. The van der Waals surface area contributed by atoms with Gasteiger partial charge < -0.3 is 0 Å². The summed E-state index contributed by atoms with van der Waals surface area (Å²) < 4.78 is 13.3. The lowest BCUT2D eigenvalue weighted by atomic mass is 10.00. The predicted molar refractivity (Wildman–Crippen MR) is 101 cm³/mol. The van der Waals surface area contributed by atoms with Crippen LogP contribution in [0.2, 0.25) is 0 Å². The molecule has 0 aromatic heterocycles. The first-order valence-corrected chi connectivity index (χ1v) is 8.26. The normalized spacial score (nSPS) is 10.3. The first-order valence-electron chi connectivity index (χ1n) is 8.26. The van der Waals surface area contributed by atoms with Crippen LogP contribution in [0.5, 0.6) is 0 Å². The lowest BCUT2D eigenvalue weighted by molar-refractivity contribution is -0.115. The monoisotopic (exact) mass is 361 g/mol. The minimum atomic E-state index is -0.439. The molecule has 3 aromatic rings. The minimum Gasteiger partial charge on any atom is -0.298 e. The summed E-state index contributed by atoms with van der Waals surface area (Å²) in [5.41, 5.74) is 1.76. The molecule has 4 nitrogen and oxygen atoms in total. The number of nitrogens with zero attached hydrogens (tertiary/aromatic N) is 1. The van der Waals surface area contributed by atoms with E-state index in [4.69, 9.17) is 0 Å². The van der Waals surface area contributed by atoms with Gasteiger partial charge in [0.25, 0.3) is 0 Å². The highest BCUT2D eigenvalue weighted by Crippen LogP contribution is 2.30. The average Bonchev–Trinajstić information content (AvgIpc) is 2.69. The molecule has 0 N–H and O–H groups in total. The van der Waals surface area contributed by atoms with Crippen LogP contribution < -0.4 is 4.90 Å². The molecule has 0 saturated heterocycles. The van der Waals surface area contributed by atoms with Crippen molar-refractivity contribution in [3.63, 3.8) is 0 Å². The Kier molecular flexibility index (Phi) is 5.22. The molecule has 0 radical (unpaired) electrons. The zero-order chi connectivity index (χ0) is 19.4. The van der Waals surface area contributed by atoms with E-state index in [0.29, 0.717) is 23.1 Å². The summed E-state index contributed by atoms with van der Waals surface area (Å²) in [7, 11) is 0. The Balaban J connectivity index is 2.12. The predicted octanol–water partition coefficient (Wildman–Crippen LogP) is 4.55. The van der Waals surface area contributed by atoms with Crippen molar-refractivity contribution in [1.82, 2.24) is 0 Å². The van der Waals surface area contributed by atoms with Gasteiger partial charge in [-0.05, 0) is 36.4 Å². The van der Waals surface area contributed by atoms with Crippen LogP contribution >= 0.6 is 0 Å². The fraction of sp³-hybridized carbons (Fsp3) is 0.0455. The molecule has 1 amide bonds. The third-order valence-corrected chi connectivity index (χ3v) is 4.10. The summed E-state index contributed by atoms with van der Waals surface area (Å²) in [6.45, 7) is 1.34. The van der Waals surface area contributed by atoms with Gasteiger partial charge in [-0.25, -0.2) is 4.39 Å². The molecule has 0 atom stereocenters. The van der Waals surface area contributed by atoms with Crippen LogP contribution in [0.25, 0.3) is 0 Å². The number of aldehydes is 1. The second-order valence-corrected chi connectivity index (χ2v) is 5.92. The van der Waals surface area contributed by atoms with Crippen molar-refractivity contribution >= 4 is 29.4 Å². The highest BCUT2D eigenvalue weighted by Gasteiger charge is 2.20. The van der Waals surface area contributed by atoms with E-state index < -0.39 is 5.82 Å². The van der Waals surface area contributed by atoms with Crippen molar-refractivity contribution in [2.75, 3.05) is 4.90 Å². The number of hydrogen-bond donors (Lipinski definition) is 0. The van der Waals surface area contributed by atoms with Crippen molar-refractivity contribution < 1.29 is 18.8 Å². The lowest BCUT2D eigenvalue weighted by Crippen LogP contribution is -2.24. The van der Waals surface area contributed by atoms with Gasteiger partial charge in [0.15, 0.2) is 12.1 Å². The number of amides is 1. The molecule has 0 aliphatic rings. The van der Waals surface area contributed by atoms with E-state index in [1.807, 2.05) is 6.07 Å². The molecule has 0 aliphatic carbocycles. The molecule has 3 aromatic carbocycles. The summed E-state index contributed by atoms with van der Waals surface area (Å²) in [6, 6.07) is 18.6. The SMILES string of the molecule is CC(=O)N(c1ccc(F)cc1)c1cc(C(=O)c2ccccc2)ccc1C=O. The number of hydrogen-bond acceptors (Lipinski definition) is 3. The van der Waals surface area contributed by atoms with Crippen LogP contribution in [-0.4, -0.2) is 18.0 Å². The van der Waals surface area contributed by atoms with Crippen molar-refractivity contribution in [2.45, 2.75) is 6.92 Å². The van der Waals surface area contributed by atoms with Gasteiger partial charge >= 0.3 is 0 Å². The smallest absolute Gasteiger partial charge is 0.228 e. The second-order valence-electron chi connectivity index (χ2n) is 5.92. The van der Waals surface area contributed by atoms with E-state index >= 15 is 0 Å². The van der Waals surface area contributed by atoms with Gasteiger partial charge in [-0.3, -0.25) is 19.3 Å². The zero-order valence-corrected chi connectivity index (χ0v) is 14.6. The number of benzene rings is 3. The number of carbonyl (C=O) groups is 3. The van der Waals surface area contributed by atoms with Crippen molar-refractivity contribution in [3.05, 3.63) is 95.3 Å². The third-order valence-electron chi connectivity index (χ3n) is 4.10. The molecular formula is C22H16FNO3. The van der Waals surface area contributed by atoms with E-state index in [2.05, 4.69) is 0 Å². The maximum atomic E-state index is 13.3. The Hall–Kier alpha value is -3.60. The first-order chi connectivity index (χ1) is 13.0. The molecular weight excluding hydrogens is 345 g/mol. The van der Waals surface area contributed by atoms with Crippen LogP contribution in [0.15, 0.2) is 72.8 Å². The third kappa shape index (κ3) is 3.82. The van der Waals surface area contributed by atoms with Crippen molar-refractivity contribution in [3.8, 4) is 0 Å². The van der Waals surface area contributed by atoms with Gasteiger partial charge in [0.2, 0.25) is 5.91 Å². The first kappa shape index (κ1) is 18.2. The highest BCUT2D eigenvalue weighted by molar-refractivity contribution is 6.11.